The number of benzene rings is 1. The van der Waals surface area contributed by atoms with Crippen LogP contribution in [0.3, 0.4) is 0 Å². The summed E-state index contributed by atoms with van der Waals surface area (Å²) < 4.78 is 33.1. The number of hydrogen-bond donors (Lipinski definition) is 1. The number of aromatic nitrogens is 1. The summed E-state index contributed by atoms with van der Waals surface area (Å²) in [5.74, 6) is -0.623. The molecule has 0 unspecified atom stereocenters. The van der Waals surface area contributed by atoms with Crippen LogP contribution in [0.1, 0.15) is 32.6 Å². The number of amides is 1. The standard InChI is InChI=1S/C21H32N4O5S/c1-4-5-14-31(28,29)24-10-8-16(9-11-24)20(26)22-17-6-7-19-18(15-17)25(21(27)30-19)13-12-23(2)3/h6-7,15-16H,4-5,8-14H2,1-3H3,(H,22,26). The Balaban J connectivity index is 1.64. The minimum atomic E-state index is -3.24. The number of piperidine rings is 1. The van der Waals surface area contributed by atoms with Crippen LogP contribution in [0.25, 0.3) is 11.1 Å². The Morgan fingerprint density at radius 1 is 1.26 bits per heavy atom. The first-order chi connectivity index (χ1) is 14.7. The van der Waals surface area contributed by atoms with Crippen molar-refractivity contribution < 1.29 is 17.6 Å². The fraction of sp³-hybridized carbons (Fsp3) is 0.619. The maximum Gasteiger partial charge on any atom is 0.419 e. The van der Waals surface area contributed by atoms with Crippen LogP contribution in [-0.2, 0) is 21.4 Å². The Labute approximate surface area is 183 Å². The van der Waals surface area contributed by atoms with Crippen molar-refractivity contribution in [2.45, 2.75) is 39.2 Å². The van der Waals surface area contributed by atoms with E-state index in [0.29, 0.717) is 62.2 Å². The Hall–Kier alpha value is -2.17. The Kier molecular flexibility index (Phi) is 7.55. The Bertz CT molecular complexity index is 1070. The normalized spacial score (nSPS) is 16.3. The van der Waals surface area contributed by atoms with Gasteiger partial charge in [0.2, 0.25) is 15.9 Å². The van der Waals surface area contributed by atoms with Crippen molar-refractivity contribution in [1.29, 1.82) is 0 Å². The van der Waals surface area contributed by atoms with E-state index in [-0.39, 0.29) is 17.6 Å². The summed E-state index contributed by atoms with van der Waals surface area (Å²) in [6, 6.07) is 5.14. The topological polar surface area (TPSA) is 105 Å². The second kappa shape index (κ2) is 9.97. The molecule has 1 aromatic carbocycles. The van der Waals surface area contributed by atoms with E-state index in [2.05, 4.69) is 5.32 Å². The van der Waals surface area contributed by atoms with Crippen LogP contribution in [0.15, 0.2) is 27.4 Å². The molecule has 2 heterocycles. The Morgan fingerprint density at radius 3 is 2.61 bits per heavy atom. The number of oxazole rings is 1. The van der Waals surface area contributed by atoms with Gasteiger partial charge in [0, 0.05) is 37.8 Å². The minimum absolute atomic E-state index is 0.129. The lowest BCUT2D eigenvalue weighted by molar-refractivity contribution is -0.120. The molecule has 0 saturated carbocycles. The second-order valence-electron chi connectivity index (χ2n) is 8.34. The highest BCUT2D eigenvalue weighted by Crippen LogP contribution is 2.24. The van der Waals surface area contributed by atoms with Crippen molar-refractivity contribution in [3.05, 3.63) is 28.7 Å². The van der Waals surface area contributed by atoms with Gasteiger partial charge in [-0.05, 0) is 51.6 Å². The average molecular weight is 453 g/mol. The summed E-state index contributed by atoms with van der Waals surface area (Å²) in [6.45, 7) is 3.88. The number of anilines is 1. The lowest BCUT2D eigenvalue weighted by atomic mass is 9.97. The molecule has 1 aromatic heterocycles. The van der Waals surface area contributed by atoms with Gasteiger partial charge in [0.1, 0.15) is 0 Å². The largest absolute Gasteiger partial charge is 0.419 e. The molecular weight excluding hydrogens is 420 g/mol. The van der Waals surface area contributed by atoms with Crippen molar-refractivity contribution in [3.8, 4) is 0 Å². The van der Waals surface area contributed by atoms with Gasteiger partial charge in [0.15, 0.2) is 5.58 Å². The number of carbonyl (C=O) groups is 1. The molecule has 10 heteroatoms. The lowest BCUT2D eigenvalue weighted by Gasteiger charge is -2.30. The SMILES string of the molecule is CCCCS(=O)(=O)N1CCC(C(=O)Nc2ccc3oc(=O)n(CCN(C)C)c3c2)CC1. The number of nitrogens with one attached hydrogen (secondary N) is 1. The number of nitrogens with zero attached hydrogens (tertiary/aromatic N) is 3. The molecule has 1 N–H and O–H groups in total. The van der Waals surface area contributed by atoms with Gasteiger partial charge < -0.3 is 14.6 Å². The zero-order valence-corrected chi connectivity index (χ0v) is 19.3. The van der Waals surface area contributed by atoms with E-state index in [1.165, 1.54) is 4.31 Å². The first-order valence-electron chi connectivity index (χ1n) is 10.8. The fourth-order valence-corrected chi connectivity index (χ4v) is 5.43. The van der Waals surface area contributed by atoms with Crippen LogP contribution in [0.2, 0.25) is 0 Å². The number of sulfonamides is 1. The van der Waals surface area contributed by atoms with E-state index in [4.69, 9.17) is 4.42 Å². The monoisotopic (exact) mass is 452 g/mol. The molecule has 1 saturated heterocycles. The van der Waals surface area contributed by atoms with Crippen LogP contribution in [0, 0.1) is 5.92 Å². The van der Waals surface area contributed by atoms with Gasteiger partial charge in [0.05, 0.1) is 11.3 Å². The molecule has 2 aromatic rings. The molecule has 1 aliphatic heterocycles. The number of rotatable bonds is 9. The van der Waals surface area contributed by atoms with Gasteiger partial charge in [-0.25, -0.2) is 17.5 Å². The highest BCUT2D eigenvalue weighted by atomic mass is 32.2. The molecular formula is C21H32N4O5S. The van der Waals surface area contributed by atoms with Gasteiger partial charge in [-0.3, -0.25) is 9.36 Å². The Morgan fingerprint density at radius 2 is 1.97 bits per heavy atom. The molecule has 0 atom stereocenters. The van der Waals surface area contributed by atoms with Crippen LogP contribution in [0.5, 0.6) is 0 Å². The van der Waals surface area contributed by atoms with E-state index < -0.39 is 15.8 Å². The maximum atomic E-state index is 12.8. The average Bonchev–Trinajstić information content (AvgIpc) is 3.05. The molecule has 172 valence electrons. The van der Waals surface area contributed by atoms with Gasteiger partial charge in [-0.15, -0.1) is 0 Å². The molecule has 0 bridgehead atoms. The van der Waals surface area contributed by atoms with Gasteiger partial charge >= 0.3 is 5.76 Å². The summed E-state index contributed by atoms with van der Waals surface area (Å²) in [7, 11) is 0.623. The number of unbranched alkanes of at least 4 members (excludes halogenated alkanes) is 1. The van der Waals surface area contributed by atoms with Crippen LogP contribution < -0.4 is 11.1 Å². The van der Waals surface area contributed by atoms with Crippen molar-refractivity contribution >= 4 is 32.7 Å². The lowest BCUT2D eigenvalue weighted by Crippen LogP contribution is -2.42. The van der Waals surface area contributed by atoms with E-state index in [1.807, 2.05) is 25.9 Å². The third kappa shape index (κ3) is 5.75. The van der Waals surface area contributed by atoms with Crippen LogP contribution in [0.4, 0.5) is 5.69 Å². The van der Waals surface area contributed by atoms with Crippen molar-refractivity contribution in [1.82, 2.24) is 13.8 Å². The third-order valence-electron chi connectivity index (χ3n) is 5.68. The number of likely N-dealkylation sites (N-methyl/N-ethyl adjacent to an activating group) is 1. The third-order valence-corrected chi connectivity index (χ3v) is 7.64. The predicted molar refractivity (Wildman–Crippen MR) is 121 cm³/mol. The summed E-state index contributed by atoms with van der Waals surface area (Å²) in [4.78, 5) is 26.9. The predicted octanol–water partition coefficient (Wildman–Crippen LogP) is 1.94. The maximum absolute atomic E-state index is 12.8. The quantitative estimate of drug-likeness (QED) is 0.623. The number of carbonyl (C=O) groups excluding carboxylic acids is 1. The zero-order chi connectivity index (χ0) is 22.6. The zero-order valence-electron chi connectivity index (χ0n) is 18.5. The molecule has 0 spiro atoms. The number of hydrogen-bond acceptors (Lipinski definition) is 6. The van der Waals surface area contributed by atoms with Crippen molar-refractivity contribution in [2.75, 3.05) is 44.8 Å². The summed E-state index contributed by atoms with van der Waals surface area (Å²) in [5, 5.41) is 2.92. The molecule has 31 heavy (non-hydrogen) atoms. The highest BCUT2D eigenvalue weighted by Gasteiger charge is 2.30. The summed E-state index contributed by atoms with van der Waals surface area (Å²) in [6.07, 6.45) is 2.48. The van der Waals surface area contributed by atoms with E-state index in [0.717, 1.165) is 6.42 Å². The molecule has 3 rings (SSSR count). The van der Waals surface area contributed by atoms with Gasteiger partial charge in [-0.2, -0.15) is 0 Å². The molecule has 1 aliphatic rings. The summed E-state index contributed by atoms with van der Waals surface area (Å²) in [5.41, 5.74) is 1.71. The number of fused-ring (bicyclic) bond motifs is 1. The molecule has 0 aliphatic carbocycles. The van der Waals surface area contributed by atoms with E-state index >= 15 is 0 Å². The smallest absolute Gasteiger partial charge is 0.408 e. The van der Waals surface area contributed by atoms with Gasteiger partial charge in [0.25, 0.3) is 0 Å². The van der Waals surface area contributed by atoms with Crippen molar-refractivity contribution in [2.24, 2.45) is 5.92 Å². The summed E-state index contributed by atoms with van der Waals surface area (Å²) >= 11 is 0. The first kappa shape index (κ1) is 23.5. The molecule has 0 radical (unpaired) electrons. The molecule has 1 fully saturated rings. The van der Waals surface area contributed by atoms with Gasteiger partial charge in [-0.1, -0.05) is 13.3 Å². The van der Waals surface area contributed by atoms with E-state index in [9.17, 15) is 18.0 Å². The van der Waals surface area contributed by atoms with Crippen LogP contribution >= 0.6 is 0 Å². The van der Waals surface area contributed by atoms with Crippen LogP contribution in [-0.4, -0.2) is 67.6 Å². The molecule has 1 amide bonds. The first-order valence-corrected chi connectivity index (χ1v) is 12.4. The highest BCUT2D eigenvalue weighted by molar-refractivity contribution is 7.89. The fourth-order valence-electron chi connectivity index (χ4n) is 3.75. The van der Waals surface area contributed by atoms with Crippen molar-refractivity contribution in [3.63, 3.8) is 0 Å². The van der Waals surface area contributed by atoms with E-state index in [1.54, 1.807) is 22.8 Å². The second-order valence-corrected chi connectivity index (χ2v) is 10.4. The minimum Gasteiger partial charge on any atom is -0.408 e. The molecule has 9 nitrogen and oxygen atoms in total.